The van der Waals surface area contributed by atoms with Crippen LogP contribution in [-0.4, -0.2) is 22.2 Å². The summed E-state index contributed by atoms with van der Waals surface area (Å²) in [5.41, 5.74) is -1.53. The van der Waals surface area contributed by atoms with Gasteiger partial charge in [0.05, 0.1) is 11.1 Å². The second-order valence-corrected chi connectivity index (χ2v) is 3.57. The highest BCUT2D eigenvalue weighted by Crippen LogP contribution is 2.30. The Morgan fingerprint density at radius 1 is 1.17 bits per heavy atom. The van der Waals surface area contributed by atoms with Crippen molar-refractivity contribution in [2.75, 3.05) is 0 Å². The summed E-state index contributed by atoms with van der Waals surface area (Å²) in [6.45, 7) is 0. The van der Waals surface area contributed by atoms with Gasteiger partial charge in [-0.15, -0.1) is 0 Å². The molecule has 7 heteroatoms. The van der Waals surface area contributed by atoms with E-state index >= 15 is 0 Å². The molecular weight excluding hydrogens is 253 g/mol. The number of aliphatic carboxylic acids is 1. The quantitative estimate of drug-likeness (QED) is 0.873. The van der Waals surface area contributed by atoms with Gasteiger partial charge in [0.15, 0.2) is 0 Å². The number of aryl methyl sites for hydroxylation is 1. The Kier molecular flexibility index (Phi) is 3.95. The highest BCUT2D eigenvalue weighted by atomic mass is 19.4. The number of carboxylic acid groups (broad SMARTS) is 2. The van der Waals surface area contributed by atoms with Crippen molar-refractivity contribution in [3.8, 4) is 0 Å². The minimum atomic E-state index is -4.63. The van der Waals surface area contributed by atoms with Crippen molar-refractivity contribution < 1.29 is 33.0 Å². The first-order valence-corrected chi connectivity index (χ1v) is 4.87. The number of carboxylic acids is 2. The highest BCUT2D eigenvalue weighted by Gasteiger charge is 2.31. The third-order valence-electron chi connectivity index (χ3n) is 2.28. The molecule has 0 aliphatic carbocycles. The van der Waals surface area contributed by atoms with Crippen LogP contribution in [0.15, 0.2) is 18.2 Å². The van der Waals surface area contributed by atoms with Crippen molar-refractivity contribution >= 4 is 11.9 Å². The summed E-state index contributed by atoms with van der Waals surface area (Å²) in [7, 11) is 0. The molecule has 0 aliphatic rings. The number of carbonyl (C=O) groups is 2. The summed E-state index contributed by atoms with van der Waals surface area (Å²) in [5.74, 6) is -2.66. The first-order valence-electron chi connectivity index (χ1n) is 4.87. The molecule has 98 valence electrons. The molecule has 1 aromatic rings. The van der Waals surface area contributed by atoms with Gasteiger partial charge < -0.3 is 10.2 Å². The zero-order valence-electron chi connectivity index (χ0n) is 8.99. The third-order valence-corrected chi connectivity index (χ3v) is 2.28. The molecule has 0 heterocycles. The van der Waals surface area contributed by atoms with Gasteiger partial charge in [-0.05, 0) is 24.1 Å². The molecule has 0 spiro atoms. The Balaban J connectivity index is 3.13. The number of halogens is 3. The van der Waals surface area contributed by atoms with Crippen molar-refractivity contribution in [2.45, 2.75) is 19.0 Å². The van der Waals surface area contributed by atoms with Gasteiger partial charge in [0.1, 0.15) is 0 Å². The van der Waals surface area contributed by atoms with Crippen LogP contribution < -0.4 is 0 Å². The van der Waals surface area contributed by atoms with Gasteiger partial charge in [0.2, 0.25) is 0 Å². The fraction of sp³-hybridized carbons (Fsp3) is 0.273. The summed E-state index contributed by atoms with van der Waals surface area (Å²) in [6.07, 6.45) is -5.10. The minimum absolute atomic E-state index is 0.0675. The molecule has 0 radical (unpaired) electrons. The Morgan fingerprint density at radius 2 is 1.78 bits per heavy atom. The lowest BCUT2D eigenvalue weighted by Gasteiger charge is -2.10. The number of hydrogen-bond acceptors (Lipinski definition) is 2. The van der Waals surface area contributed by atoms with Gasteiger partial charge in [-0.1, -0.05) is 6.07 Å². The van der Waals surface area contributed by atoms with Crippen LogP contribution in [0.25, 0.3) is 0 Å². The van der Waals surface area contributed by atoms with Crippen LogP contribution in [-0.2, 0) is 17.4 Å². The van der Waals surface area contributed by atoms with Gasteiger partial charge in [-0.2, -0.15) is 13.2 Å². The van der Waals surface area contributed by atoms with Crippen LogP contribution in [0.5, 0.6) is 0 Å². The minimum Gasteiger partial charge on any atom is -0.481 e. The Labute approximate surface area is 99.7 Å². The number of aromatic carboxylic acids is 1. The molecule has 0 saturated carbocycles. The summed E-state index contributed by atoms with van der Waals surface area (Å²) >= 11 is 0. The average Bonchev–Trinajstić information content (AvgIpc) is 2.24. The van der Waals surface area contributed by atoms with E-state index in [1.54, 1.807) is 0 Å². The number of hydrogen-bond donors (Lipinski definition) is 2. The van der Waals surface area contributed by atoms with Crippen LogP contribution in [0.3, 0.4) is 0 Å². The van der Waals surface area contributed by atoms with E-state index in [4.69, 9.17) is 10.2 Å². The maximum Gasteiger partial charge on any atom is 0.416 e. The molecule has 1 aromatic carbocycles. The van der Waals surface area contributed by atoms with E-state index < -0.39 is 29.2 Å². The molecule has 0 fully saturated rings. The van der Waals surface area contributed by atoms with Crippen molar-refractivity contribution in [2.24, 2.45) is 0 Å². The first-order chi connectivity index (χ1) is 8.21. The summed E-state index contributed by atoms with van der Waals surface area (Å²) in [6, 6.07) is 2.25. The lowest BCUT2D eigenvalue weighted by atomic mass is 10.00. The standard InChI is InChI=1S/C11H9F3O4/c12-11(13,14)7-3-1-6(2-4-9(15)16)8(5-7)10(17)18/h1,3,5H,2,4H2,(H,15,16)(H,17,18). The predicted molar refractivity (Wildman–Crippen MR) is 54.4 cm³/mol. The predicted octanol–water partition coefficient (Wildman–Crippen LogP) is 2.42. The number of benzene rings is 1. The van der Waals surface area contributed by atoms with E-state index in [1.807, 2.05) is 0 Å². The zero-order valence-corrected chi connectivity index (χ0v) is 8.99. The number of rotatable bonds is 4. The van der Waals surface area contributed by atoms with Crippen molar-refractivity contribution in [1.29, 1.82) is 0 Å². The zero-order chi connectivity index (χ0) is 13.9. The molecule has 0 saturated heterocycles. The summed E-state index contributed by atoms with van der Waals surface area (Å²) in [5, 5.41) is 17.3. The average molecular weight is 262 g/mol. The van der Waals surface area contributed by atoms with Crippen LogP contribution >= 0.6 is 0 Å². The molecule has 4 nitrogen and oxygen atoms in total. The van der Waals surface area contributed by atoms with E-state index in [0.717, 1.165) is 12.1 Å². The Hall–Kier alpha value is -2.05. The van der Waals surface area contributed by atoms with Crippen molar-refractivity contribution in [1.82, 2.24) is 0 Å². The topological polar surface area (TPSA) is 74.6 Å². The third kappa shape index (κ3) is 3.47. The monoisotopic (exact) mass is 262 g/mol. The van der Waals surface area contributed by atoms with E-state index in [1.165, 1.54) is 0 Å². The maximum atomic E-state index is 12.4. The van der Waals surface area contributed by atoms with Crippen molar-refractivity contribution in [3.63, 3.8) is 0 Å². The van der Waals surface area contributed by atoms with Crippen LogP contribution in [0.1, 0.15) is 27.9 Å². The van der Waals surface area contributed by atoms with Gasteiger partial charge in [0.25, 0.3) is 0 Å². The normalized spacial score (nSPS) is 11.3. The molecule has 0 aliphatic heterocycles. The lowest BCUT2D eigenvalue weighted by molar-refractivity contribution is -0.138. The van der Waals surface area contributed by atoms with Crippen molar-refractivity contribution in [3.05, 3.63) is 34.9 Å². The molecular formula is C11H9F3O4. The maximum absolute atomic E-state index is 12.4. The molecule has 0 amide bonds. The largest absolute Gasteiger partial charge is 0.481 e. The molecule has 0 aromatic heterocycles. The van der Waals surface area contributed by atoms with Gasteiger partial charge in [0, 0.05) is 6.42 Å². The number of alkyl halides is 3. The Morgan fingerprint density at radius 3 is 2.22 bits per heavy atom. The second-order valence-electron chi connectivity index (χ2n) is 3.57. The van der Waals surface area contributed by atoms with Crippen LogP contribution in [0, 0.1) is 0 Å². The van der Waals surface area contributed by atoms with Crippen LogP contribution in [0.2, 0.25) is 0 Å². The second kappa shape index (κ2) is 5.07. The van der Waals surface area contributed by atoms with E-state index in [2.05, 4.69) is 0 Å². The fourth-order valence-corrected chi connectivity index (χ4v) is 1.41. The molecule has 0 atom stereocenters. The summed E-state index contributed by atoms with van der Waals surface area (Å²) < 4.78 is 37.2. The smallest absolute Gasteiger partial charge is 0.416 e. The van der Waals surface area contributed by atoms with E-state index in [-0.39, 0.29) is 18.4 Å². The highest BCUT2D eigenvalue weighted by molar-refractivity contribution is 5.89. The van der Waals surface area contributed by atoms with Crippen LogP contribution in [0.4, 0.5) is 13.2 Å². The molecule has 18 heavy (non-hydrogen) atoms. The van der Waals surface area contributed by atoms with Gasteiger partial charge in [-0.3, -0.25) is 4.79 Å². The molecule has 0 bridgehead atoms. The lowest BCUT2D eigenvalue weighted by Crippen LogP contribution is -2.10. The molecule has 1 rings (SSSR count). The first kappa shape index (κ1) is 14.0. The Bertz CT molecular complexity index is 480. The molecule has 0 unspecified atom stereocenters. The summed E-state index contributed by atoms with van der Waals surface area (Å²) in [4.78, 5) is 21.2. The fourth-order valence-electron chi connectivity index (χ4n) is 1.41. The van der Waals surface area contributed by atoms with E-state index in [0.29, 0.717) is 6.07 Å². The van der Waals surface area contributed by atoms with E-state index in [9.17, 15) is 22.8 Å². The van der Waals surface area contributed by atoms with Gasteiger partial charge in [-0.25, -0.2) is 4.79 Å². The SMILES string of the molecule is O=C(O)CCc1ccc(C(F)(F)F)cc1C(=O)O. The van der Waals surface area contributed by atoms with Gasteiger partial charge >= 0.3 is 18.1 Å². The molecule has 2 N–H and O–H groups in total.